The van der Waals surface area contributed by atoms with Gasteiger partial charge in [-0.1, -0.05) is 23.7 Å². The van der Waals surface area contributed by atoms with Gasteiger partial charge >= 0.3 is 0 Å². The van der Waals surface area contributed by atoms with Crippen LogP contribution in [0.25, 0.3) is 22.4 Å². The van der Waals surface area contributed by atoms with E-state index in [0.29, 0.717) is 28.2 Å². The van der Waals surface area contributed by atoms with Gasteiger partial charge in [0.05, 0.1) is 30.2 Å². The van der Waals surface area contributed by atoms with Crippen LogP contribution in [0.2, 0.25) is 5.02 Å². The quantitative estimate of drug-likeness (QED) is 0.252. The maximum absolute atomic E-state index is 14.2. The van der Waals surface area contributed by atoms with Gasteiger partial charge in [-0.25, -0.2) is 14.4 Å². The van der Waals surface area contributed by atoms with Gasteiger partial charge in [-0.3, -0.25) is 4.90 Å². The first kappa shape index (κ1) is 26.9. The molecule has 216 valence electrons. The minimum Gasteiger partial charge on any atom is -0.473 e. The zero-order valence-corrected chi connectivity index (χ0v) is 23.7. The highest BCUT2D eigenvalue weighted by Crippen LogP contribution is 2.30. The third-order valence-corrected chi connectivity index (χ3v) is 8.35. The Hall–Kier alpha value is -3.93. The van der Waals surface area contributed by atoms with Crippen molar-refractivity contribution in [3.8, 4) is 17.3 Å². The zero-order chi connectivity index (χ0) is 28.5. The van der Waals surface area contributed by atoms with Crippen molar-refractivity contribution in [3.05, 3.63) is 82.5 Å². The lowest BCUT2D eigenvalue weighted by Gasteiger charge is -2.32. The molecule has 0 aliphatic carbocycles. The van der Waals surface area contributed by atoms with Crippen LogP contribution in [0.5, 0.6) is 5.88 Å². The number of imidazole rings is 1. The number of rotatable bonds is 9. The second-order valence-electron chi connectivity index (χ2n) is 10.8. The Balaban J connectivity index is 1.02. The summed E-state index contributed by atoms with van der Waals surface area (Å²) >= 11 is 5.86. The number of tetrazole rings is 1. The Bertz CT molecular complexity index is 1680. The molecular weight excluding hydrogens is 559 g/mol. The van der Waals surface area contributed by atoms with Gasteiger partial charge in [-0.2, -0.15) is 5.21 Å². The summed E-state index contributed by atoms with van der Waals surface area (Å²) in [5, 5.41) is 14.8. The molecule has 10 nitrogen and oxygen atoms in total. The number of pyridine rings is 1. The number of nitrogens with zero attached hydrogens (tertiary/aromatic N) is 7. The molecule has 2 aliphatic rings. The average Bonchev–Trinajstić information content (AvgIpc) is 3.63. The highest BCUT2D eigenvalue weighted by atomic mass is 35.5. The largest absolute Gasteiger partial charge is 0.473 e. The normalized spacial score (nSPS) is 17.9. The molecule has 12 heteroatoms. The Morgan fingerprint density at radius 2 is 1.93 bits per heavy atom. The first-order valence-corrected chi connectivity index (χ1v) is 14.6. The minimum absolute atomic E-state index is 0.0986. The Labute approximate surface area is 246 Å². The van der Waals surface area contributed by atoms with Gasteiger partial charge in [-0.05, 0) is 74.0 Å². The molecule has 7 rings (SSSR count). The van der Waals surface area contributed by atoms with Crippen molar-refractivity contribution >= 4 is 22.6 Å². The van der Waals surface area contributed by atoms with Gasteiger partial charge in [0.1, 0.15) is 18.2 Å². The Morgan fingerprint density at radius 1 is 1.05 bits per heavy atom. The van der Waals surface area contributed by atoms with Gasteiger partial charge < -0.3 is 14.0 Å². The van der Waals surface area contributed by atoms with Crippen molar-refractivity contribution in [2.75, 3.05) is 19.7 Å². The van der Waals surface area contributed by atoms with Crippen LogP contribution in [-0.2, 0) is 24.4 Å². The molecule has 42 heavy (non-hydrogen) atoms. The number of benzene rings is 2. The van der Waals surface area contributed by atoms with Crippen LogP contribution in [-0.4, -0.2) is 65.9 Å². The van der Waals surface area contributed by atoms with E-state index in [0.717, 1.165) is 80.2 Å². The van der Waals surface area contributed by atoms with Crippen molar-refractivity contribution in [1.82, 2.24) is 40.1 Å². The van der Waals surface area contributed by atoms with Crippen LogP contribution >= 0.6 is 11.6 Å². The molecule has 5 heterocycles. The predicted octanol–water partition coefficient (Wildman–Crippen LogP) is 5.15. The van der Waals surface area contributed by atoms with Crippen molar-refractivity contribution in [3.63, 3.8) is 0 Å². The number of aromatic nitrogens is 7. The molecule has 0 spiro atoms. The summed E-state index contributed by atoms with van der Waals surface area (Å²) < 4.78 is 28.0. The molecule has 0 amide bonds. The molecule has 2 aromatic carbocycles. The highest BCUT2D eigenvalue weighted by Gasteiger charge is 2.26. The SMILES string of the molecule is Fc1cc(Cl)ccc1COc1cccc(C2CCN(Cc3nc4cc(-c5nn[nH]n5)ccc4n3C[C@@H]3CCO3)CC2)n1. The fourth-order valence-electron chi connectivity index (χ4n) is 5.68. The number of piperidine rings is 1. The summed E-state index contributed by atoms with van der Waals surface area (Å²) in [5.41, 5.74) is 4.33. The molecule has 5 aromatic rings. The molecule has 2 fully saturated rings. The van der Waals surface area contributed by atoms with E-state index in [4.69, 9.17) is 31.0 Å². The van der Waals surface area contributed by atoms with Gasteiger partial charge in [0, 0.05) is 40.4 Å². The van der Waals surface area contributed by atoms with E-state index in [2.05, 4.69) is 42.2 Å². The summed E-state index contributed by atoms with van der Waals surface area (Å²) in [6, 6.07) is 16.5. The first-order chi connectivity index (χ1) is 20.6. The number of ether oxygens (including phenoxy) is 2. The van der Waals surface area contributed by atoms with E-state index in [9.17, 15) is 4.39 Å². The molecule has 3 aromatic heterocycles. The van der Waals surface area contributed by atoms with Crippen molar-refractivity contribution < 1.29 is 13.9 Å². The van der Waals surface area contributed by atoms with E-state index in [1.54, 1.807) is 12.1 Å². The maximum Gasteiger partial charge on any atom is 0.213 e. The van der Waals surface area contributed by atoms with Crippen molar-refractivity contribution in [2.45, 2.75) is 51.0 Å². The fraction of sp³-hybridized carbons (Fsp3) is 0.367. The molecule has 1 N–H and O–H groups in total. The smallest absolute Gasteiger partial charge is 0.213 e. The van der Waals surface area contributed by atoms with E-state index in [-0.39, 0.29) is 18.5 Å². The molecular formula is C30H30ClFN8O2. The van der Waals surface area contributed by atoms with E-state index in [1.807, 2.05) is 24.3 Å². The monoisotopic (exact) mass is 588 g/mol. The summed E-state index contributed by atoms with van der Waals surface area (Å²) in [6.07, 6.45) is 3.25. The summed E-state index contributed by atoms with van der Waals surface area (Å²) in [5.74, 6) is 2.03. The second-order valence-corrected chi connectivity index (χ2v) is 11.3. The average molecular weight is 589 g/mol. The van der Waals surface area contributed by atoms with Crippen LogP contribution in [0, 0.1) is 5.82 Å². The molecule has 0 bridgehead atoms. The van der Waals surface area contributed by atoms with Gasteiger partial charge in [0.25, 0.3) is 0 Å². The van der Waals surface area contributed by atoms with E-state index < -0.39 is 0 Å². The number of hydrogen-bond donors (Lipinski definition) is 1. The maximum atomic E-state index is 14.2. The summed E-state index contributed by atoms with van der Waals surface area (Å²) in [7, 11) is 0. The van der Waals surface area contributed by atoms with Crippen LogP contribution in [0.3, 0.4) is 0 Å². The second kappa shape index (κ2) is 11.7. The Morgan fingerprint density at radius 3 is 2.69 bits per heavy atom. The van der Waals surface area contributed by atoms with Crippen molar-refractivity contribution in [1.29, 1.82) is 0 Å². The number of nitrogens with one attached hydrogen (secondary N) is 1. The highest BCUT2D eigenvalue weighted by molar-refractivity contribution is 6.30. The van der Waals surface area contributed by atoms with Crippen LogP contribution in [0.1, 0.15) is 42.3 Å². The lowest BCUT2D eigenvalue weighted by molar-refractivity contribution is -0.0592. The third kappa shape index (κ3) is 5.72. The van der Waals surface area contributed by atoms with Gasteiger partial charge in [-0.15, -0.1) is 10.2 Å². The standard InChI is InChI=1S/C30H30ClFN8O2/c31-22-6-4-21(24(32)15-22)18-42-29-3-1-2-25(34-29)19-8-11-39(12-9-19)17-28-33-26-14-20(30-35-37-38-36-30)5-7-27(26)40(28)16-23-10-13-41-23/h1-7,14-15,19,23H,8-13,16-18H2,(H,35,36,37,38)/t23-/m0/s1. The number of aromatic amines is 1. The van der Waals surface area contributed by atoms with Crippen molar-refractivity contribution in [2.24, 2.45) is 0 Å². The molecule has 2 saturated heterocycles. The summed E-state index contributed by atoms with van der Waals surface area (Å²) in [6.45, 7) is 4.34. The minimum atomic E-state index is -0.382. The lowest BCUT2D eigenvalue weighted by atomic mass is 9.93. The third-order valence-electron chi connectivity index (χ3n) is 8.12. The van der Waals surface area contributed by atoms with E-state index >= 15 is 0 Å². The van der Waals surface area contributed by atoms with Gasteiger partial charge in [0.2, 0.25) is 11.7 Å². The van der Waals surface area contributed by atoms with Gasteiger partial charge in [0.15, 0.2) is 0 Å². The molecule has 0 radical (unpaired) electrons. The van der Waals surface area contributed by atoms with E-state index in [1.165, 1.54) is 6.07 Å². The molecule has 1 atom stereocenters. The summed E-state index contributed by atoms with van der Waals surface area (Å²) in [4.78, 5) is 12.3. The molecule has 0 saturated carbocycles. The number of fused-ring (bicyclic) bond motifs is 1. The number of hydrogen-bond acceptors (Lipinski definition) is 8. The van der Waals surface area contributed by atoms with Crippen LogP contribution in [0.15, 0.2) is 54.6 Å². The van der Waals surface area contributed by atoms with Crippen LogP contribution < -0.4 is 4.74 Å². The number of halogens is 2. The lowest BCUT2D eigenvalue weighted by Crippen LogP contribution is -2.35. The fourth-order valence-corrected chi connectivity index (χ4v) is 5.83. The molecule has 0 unspecified atom stereocenters. The first-order valence-electron chi connectivity index (χ1n) is 14.2. The topological polar surface area (TPSA) is 107 Å². The molecule has 2 aliphatic heterocycles. The van der Waals surface area contributed by atoms with Crippen LogP contribution in [0.4, 0.5) is 4.39 Å². The number of likely N-dealkylation sites (tertiary alicyclic amines) is 1. The Kier molecular flexibility index (Phi) is 7.54. The number of H-pyrrole nitrogens is 1. The zero-order valence-electron chi connectivity index (χ0n) is 22.9. The predicted molar refractivity (Wildman–Crippen MR) is 154 cm³/mol.